The molecule has 2 aromatic carbocycles. The van der Waals surface area contributed by atoms with E-state index in [4.69, 9.17) is 8.92 Å². The fourth-order valence-corrected chi connectivity index (χ4v) is 4.73. The van der Waals surface area contributed by atoms with Gasteiger partial charge in [-0.2, -0.15) is 12.7 Å². The van der Waals surface area contributed by atoms with Gasteiger partial charge < -0.3 is 8.92 Å². The molecule has 9 heteroatoms. The molecule has 0 bridgehead atoms. The van der Waals surface area contributed by atoms with Gasteiger partial charge in [0.05, 0.1) is 17.8 Å². The number of hydrogen-bond donors (Lipinski definition) is 0. The molecular weight excluding hydrogens is 414 g/mol. The molecule has 0 fully saturated rings. The Hall–Kier alpha value is -2.10. The van der Waals surface area contributed by atoms with Crippen LogP contribution in [0.25, 0.3) is 0 Å². The first kappa shape index (κ1) is 23.2. The highest BCUT2D eigenvalue weighted by atomic mass is 32.2. The standard InChI is InChI=1S/C20H27NO6S2/c1-5-28(22,23)27-19-8-6-17(7-9-19)15-21(14-16(2)3)29(24,25)20-12-10-18(26-4)11-13-20/h6-13,16H,5,14-15H2,1-4H3. The van der Waals surface area contributed by atoms with Crippen LogP contribution in [0, 0.1) is 5.92 Å². The van der Waals surface area contributed by atoms with E-state index in [2.05, 4.69) is 0 Å². The van der Waals surface area contributed by atoms with Crippen molar-refractivity contribution < 1.29 is 25.8 Å². The van der Waals surface area contributed by atoms with Gasteiger partial charge in [0, 0.05) is 13.1 Å². The van der Waals surface area contributed by atoms with Crippen LogP contribution in [0.5, 0.6) is 11.5 Å². The van der Waals surface area contributed by atoms with E-state index in [1.165, 1.54) is 42.6 Å². The highest BCUT2D eigenvalue weighted by Crippen LogP contribution is 2.23. The first-order valence-electron chi connectivity index (χ1n) is 9.22. The molecule has 0 saturated carbocycles. The Morgan fingerprint density at radius 3 is 1.93 bits per heavy atom. The zero-order valence-corrected chi connectivity index (χ0v) is 18.7. The first-order valence-corrected chi connectivity index (χ1v) is 12.2. The van der Waals surface area contributed by atoms with Gasteiger partial charge in [0.25, 0.3) is 0 Å². The molecule has 0 N–H and O–H groups in total. The molecule has 0 heterocycles. The van der Waals surface area contributed by atoms with E-state index in [0.29, 0.717) is 12.3 Å². The zero-order chi connectivity index (χ0) is 21.7. The summed E-state index contributed by atoms with van der Waals surface area (Å²) >= 11 is 0. The van der Waals surface area contributed by atoms with Crippen LogP contribution >= 0.6 is 0 Å². The summed E-state index contributed by atoms with van der Waals surface area (Å²) in [5.74, 6) is 0.776. The van der Waals surface area contributed by atoms with Crippen LogP contribution < -0.4 is 8.92 Å². The van der Waals surface area contributed by atoms with Crippen molar-refractivity contribution in [3.63, 3.8) is 0 Å². The number of rotatable bonds is 10. The third kappa shape index (κ3) is 6.45. The monoisotopic (exact) mass is 441 g/mol. The molecule has 0 aliphatic carbocycles. The van der Waals surface area contributed by atoms with Gasteiger partial charge in [0.1, 0.15) is 11.5 Å². The Balaban J connectivity index is 2.26. The molecule has 0 aliphatic rings. The Morgan fingerprint density at radius 1 is 0.897 bits per heavy atom. The van der Waals surface area contributed by atoms with Crippen LogP contribution in [0.2, 0.25) is 0 Å². The molecule has 2 aromatic rings. The zero-order valence-electron chi connectivity index (χ0n) is 17.0. The Labute approximate surface area is 173 Å². The molecule has 0 amide bonds. The summed E-state index contributed by atoms with van der Waals surface area (Å²) in [6, 6.07) is 12.6. The number of ether oxygens (including phenoxy) is 1. The molecule has 0 unspecified atom stereocenters. The SMILES string of the molecule is CCS(=O)(=O)Oc1ccc(CN(CC(C)C)S(=O)(=O)c2ccc(OC)cc2)cc1. The van der Waals surface area contributed by atoms with Gasteiger partial charge in [0.15, 0.2) is 0 Å². The topological polar surface area (TPSA) is 90.0 Å². The molecule has 0 saturated heterocycles. The minimum atomic E-state index is -3.71. The van der Waals surface area contributed by atoms with Gasteiger partial charge in [-0.3, -0.25) is 0 Å². The summed E-state index contributed by atoms with van der Waals surface area (Å²) in [5, 5.41) is 0. The minimum absolute atomic E-state index is 0.125. The highest BCUT2D eigenvalue weighted by Gasteiger charge is 2.25. The predicted octanol–water partition coefficient (Wildman–Crippen LogP) is 3.27. The maximum atomic E-state index is 13.1. The van der Waals surface area contributed by atoms with Gasteiger partial charge in [-0.15, -0.1) is 0 Å². The van der Waals surface area contributed by atoms with Crippen molar-refractivity contribution >= 4 is 20.1 Å². The largest absolute Gasteiger partial charge is 0.497 e. The normalized spacial score (nSPS) is 12.3. The summed E-state index contributed by atoms with van der Waals surface area (Å²) < 4.78 is 60.9. The van der Waals surface area contributed by atoms with Crippen molar-refractivity contribution in [3.05, 3.63) is 54.1 Å². The van der Waals surface area contributed by atoms with Crippen LogP contribution in [0.1, 0.15) is 26.3 Å². The number of sulfonamides is 1. The fraction of sp³-hybridized carbons (Fsp3) is 0.400. The van der Waals surface area contributed by atoms with Gasteiger partial charge >= 0.3 is 10.1 Å². The number of hydrogen-bond acceptors (Lipinski definition) is 6. The third-order valence-electron chi connectivity index (χ3n) is 4.13. The maximum Gasteiger partial charge on any atom is 0.308 e. The lowest BCUT2D eigenvalue weighted by atomic mass is 10.2. The molecule has 0 spiro atoms. The molecule has 29 heavy (non-hydrogen) atoms. The van der Waals surface area contributed by atoms with E-state index in [9.17, 15) is 16.8 Å². The molecular formula is C20H27NO6S2. The second-order valence-electron chi connectivity index (χ2n) is 6.94. The maximum absolute atomic E-state index is 13.1. The molecule has 7 nitrogen and oxygen atoms in total. The lowest BCUT2D eigenvalue weighted by Gasteiger charge is -2.24. The van der Waals surface area contributed by atoms with Crippen molar-refractivity contribution in [2.24, 2.45) is 5.92 Å². The molecule has 2 rings (SSSR count). The molecule has 0 aromatic heterocycles. The first-order chi connectivity index (χ1) is 13.6. The Morgan fingerprint density at radius 2 is 1.45 bits per heavy atom. The molecule has 0 aliphatic heterocycles. The highest BCUT2D eigenvalue weighted by molar-refractivity contribution is 7.89. The Kier molecular flexibility index (Phi) is 7.67. The number of benzene rings is 2. The van der Waals surface area contributed by atoms with E-state index in [0.717, 1.165) is 5.56 Å². The van der Waals surface area contributed by atoms with E-state index >= 15 is 0 Å². The van der Waals surface area contributed by atoms with Gasteiger partial charge in [-0.1, -0.05) is 26.0 Å². The van der Waals surface area contributed by atoms with Gasteiger partial charge in [0.2, 0.25) is 10.0 Å². The van der Waals surface area contributed by atoms with Crippen molar-refractivity contribution in [2.75, 3.05) is 19.4 Å². The summed E-state index contributed by atoms with van der Waals surface area (Å²) in [4.78, 5) is 0.188. The van der Waals surface area contributed by atoms with Crippen LogP contribution in [-0.4, -0.2) is 40.5 Å². The second kappa shape index (κ2) is 9.60. The lowest BCUT2D eigenvalue weighted by Crippen LogP contribution is -2.33. The number of methoxy groups -OCH3 is 1. The lowest BCUT2D eigenvalue weighted by molar-refractivity contribution is 0.362. The van der Waals surface area contributed by atoms with Crippen LogP contribution in [0.4, 0.5) is 0 Å². The van der Waals surface area contributed by atoms with Crippen molar-refractivity contribution in [1.29, 1.82) is 0 Å². The van der Waals surface area contributed by atoms with Crippen LogP contribution in [0.15, 0.2) is 53.4 Å². The molecule has 0 atom stereocenters. The van der Waals surface area contributed by atoms with Crippen LogP contribution in [0.3, 0.4) is 0 Å². The minimum Gasteiger partial charge on any atom is -0.497 e. The van der Waals surface area contributed by atoms with Gasteiger partial charge in [-0.25, -0.2) is 8.42 Å². The van der Waals surface area contributed by atoms with Crippen molar-refractivity contribution in [2.45, 2.75) is 32.2 Å². The van der Waals surface area contributed by atoms with E-state index < -0.39 is 20.1 Å². The van der Waals surface area contributed by atoms with E-state index in [-0.39, 0.29) is 28.9 Å². The van der Waals surface area contributed by atoms with E-state index in [1.54, 1.807) is 24.3 Å². The average Bonchev–Trinajstić information content (AvgIpc) is 2.68. The summed E-state index contributed by atoms with van der Waals surface area (Å²) in [6.07, 6.45) is 0. The fourth-order valence-electron chi connectivity index (χ4n) is 2.61. The van der Waals surface area contributed by atoms with Crippen molar-refractivity contribution in [1.82, 2.24) is 4.31 Å². The Bertz CT molecular complexity index is 998. The smallest absolute Gasteiger partial charge is 0.308 e. The third-order valence-corrected chi connectivity index (χ3v) is 7.10. The number of nitrogens with zero attached hydrogens (tertiary/aromatic N) is 1. The van der Waals surface area contributed by atoms with Gasteiger partial charge in [-0.05, 0) is 54.8 Å². The average molecular weight is 442 g/mol. The summed E-state index contributed by atoms with van der Waals surface area (Å²) in [7, 11) is -5.80. The van der Waals surface area contributed by atoms with Crippen molar-refractivity contribution in [3.8, 4) is 11.5 Å². The predicted molar refractivity (Wildman–Crippen MR) is 112 cm³/mol. The quantitative estimate of drug-likeness (QED) is 0.526. The summed E-state index contributed by atoms with van der Waals surface area (Å²) in [5.41, 5.74) is 0.726. The van der Waals surface area contributed by atoms with E-state index in [1.807, 2.05) is 13.8 Å². The molecule has 160 valence electrons. The second-order valence-corrected chi connectivity index (χ2v) is 10.7. The molecule has 0 radical (unpaired) electrons. The van der Waals surface area contributed by atoms with Crippen LogP contribution in [-0.2, 0) is 26.7 Å². The summed E-state index contributed by atoms with van der Waals surface area (Å²) in [6.45, 7) is 5.90.